The lowest BCUT2D eigenvalue weighted by Gasteiger charge is -2.32. The summed E-state index contributed by atoms with van der Waals surface area (Å²) in [5.41, 5.74) is 0.406. The summed E-state index contributed by atoms with van der Waals surface area (Å²) in [6, 6.07) is 0. The summed E-state index contributed by atoms with van der Waals surface area (Å²) in [6.07, 6.45) is -4.27. The Bertz CT molecular complexity index is 615. The van der Waals surface area contributed by atoms with Crippen molar-refractivity contribution in [1.29, 1.82) is 0 Å². The third-order valence-electron chi connectivity index (χ3n) is 3.53. The summed E-state index contributed by atoms with van der Waals surface area (Å²) >= 11 is 5.65. The molecule has 0 amide bonds. The number of rotatable bonds is 3. The SMILES string of the molecule is Cc1[nH]nc(CCl)c1S(=O)(=O)N1CCCC(C(F)(F)F)C1. The third-order valence-corrected chi connectivity index (χ3v) is 5.86. The number of nitrogens with one attached hydrogen (secondary N) is 1. The molecule has 0 aromatic carbocycles. The van der Waals surface area contributed by atoms with Crippen LogP contribution in [0.2, 0.25) is 0 Å². The number of H-pyrrole nitrogens is 1. The normalized spacial score (nSPS) is 21.7. The van der Waals surface area contributed by atoms with Gasteiger partial charge >= 0.3 is 6.18 Å². The van der Waals surface area contributed by atoms with E-state index in [4.69, 9.17) is 11.6 Å². The van der Waals surface area contributed by atoms with Gasteiger partial charge in [0.2, 0.25) is 10.0 Å². The molecule has 0 spiro atoms. The lowest BCUT2D eigenvalue weighted by Crippen LogP contribution is -2.44. The predicted octanol–water partition coefficient (Wildman–Crippen LogP) is 2.42. The fourth-order valence-corrected chi connectivity index (χ4v) is 4.58. The van der Waals surface area contributed by atoms with Gasteiger partial charge in [-0.25, -0.2) is 8.42 Å². The number of alkyl halides is 4. The van der Waals surface area contributed by atoms with E-state index in [-0.39, 0.29) is 41.5 Å². The van der Waals surface area contributed by atoms with E-state index in [1.165, 1.54) is 6.92 Å². The van der Waals surface area contributed by atoms with E-state index >= 15 is 0 Å². The van der Waals surface area contributed by atoms with E-state index in [0.717, 1.165) is 4.31 Å². The number of aryl methyl sites for hydroxylation is 1. The van der Waals surface area contributed by atoms with Crippen LogP contribution in [0.15, 0.2) is 4.90 Å². The summed E-state index contributed by atoms with van der Waals surface area (Å²) in [7, 11) is -4.03. The molecule has 0 aliphatic carbocycles. The minimum absolute atomic E-state index is 0.0533. The van der Waals surface area contributed by atoms with Gasteiger partial charge in [0.05, 0.1) is 23.2 Å². The third kappa shape index (κ3) is 3.19. The van der Waals surface area contributed by atoms with Crippen molar-refractivity contribution in [2.75, 3.05) is 13.1 Å². The number of halogens is 4. The van der Waals surface area contributed by atoms with Gasteiger partial charge in [0, 0.05) is 13.1 Å². The highest BCUT2D eigenvalue weighted by molar-refractivity contribution is 7.89. The molecule has 1 aromatic rings. The van der Waals surface area contributed by atoms with Crippen molar-refractivity contribution in [2.45, 2.75) is 36.7 Å². The molecule has 10 heteroatoms. The Hall–Kier alpha value is -0.800. The van der Waals surface area contributed by atoms with Crippen LogP contribution in [0.3, 0.4) is 0 Å². The first kappa shape index (κ1) is 16.6. The zero-order chi connectivity index (χ0) is 15.8. The van der Waals surface area contributed by atoms with Crippen molar-refractivity contribution in [1.82, 2.24) is 14.5 Å². The molecule has 21 heavy (non-hydrogen) atoms. The summed E-state index contributed by atoms with van der Waals surface area (Å²) in [4.78, 5) is -0.111. The van der Waals surface area contributed by atoms with Gasteiger partial charge in [0.1, 0.15) is 4.90 Å². The van der Waals surface area contributed by atoms with Crippen LogP contribution in [0.1, 0.15) is 24.2 Å². The molecular weight excluding hydrogens is 331 g/mol. The number of hydrogen-bond donors (Lipinski definition) is 1. The van der Waals surface area contributed by atoms with E-state index in [0.29, 0.717) is 0 Å². The Labute approximate surface area is 125 Å². The predicted molar refractivity (Wildman–Crippen MR) is 70.4 cm³/mol. The number of hydrogen-bond acceptors (Lipinski definition) is 3. The van der Waals surface area contributed by atoms with Gasteiger partial charge in [-0.2, -0.15) is 22.6 Å². The quantitative estimate of drug-likeness (QED) is 0.856. The van der Waals surface area contributed by atoms with Gasteiger partial charge < -0.3 is 0 Å². The molecule has 1 atom stereocenters. The largest absolute Gasteiger partial charge is 0.393 e. The maximum absolute atomic E-state index is 12.8. The van der Waals surface area contributed by atoms with Crippen molar-refractivity contribution >= 4 is 21.6 Å². The molecule has 2 heterocycles. The van der Waals surface area contributed by atoms with Crippen LogP contribution in [-0.2, 0) is 15.9 Å². The minimum Gasteiger partial charge on any atom is -0.281 e. The summed E-state index contributed by atoms with van der Waals surface area (Å²) < 4.78 is 64.4. The molecule has 1 fully saturated rings. The number of sulfonamides is 1. The second kappa shape index (κ2) is 5.77. The Morgan fingerprint density at radius 3 is 2.71 bits per heavy atom. The molecule has 2 rings (SSSR count). The van der Waals surface area contributed by atoms with Crippen molar-refractivity contribution in [3.63, 3.8) is 0 Å². The standard InChI is InChI=1S/C11H15ClF3N3O2S/c1-7-10(9(5-12)17-16-7)21(19,20)18-4-2-3-8(6-18)11(13,14)15/h8H,2-6H2,1H3,(H,16,17). The van der Waals surface area contributed by atoms with Crippen LogP contribution < -0.4 is 0 Å². The highest BCUT2D eigenvalue weighted by Gasteiger charge is 2.45. The van der Waals surface area contributed by atoms with Gasteiger partial charge in [0.15, 0.2) is 0 Å². The second-order valence-corrected chi connectivity index (χ2v) is 7.14. The molecule has 0 saturated carbocycles. The van der Waals surface area contributed by atoms with Crippen LogP contribution in [-0.4, -0.2) is 42.2 Å². The Morgan fingerprint density at radius 1 is 1.48 bits per heavy atom. The molecular formula is C11H15ClF3N3O2S. The Balaban J connectivity index is 2.33. The average Bonchev–Trinajstić information content (AvgIpc) is 2.79. The monoisotopic (exact) mass is 345 g/mol. The van der Waals surface area contributed by atoms with Crippen LogP contribution >= 0.6 is 11.6 Å². The van der Waals surface area contributed by atoms with Crippen molar-refractivity contribution in [3.05, 3.63) is 11.4 Å². The average molecular weight is 346 g/mol. The van der Waals surface area contributed by atoms with Crippen LogP contribution in [0.4, 0.5) is 13.2 Å². The number of aromatic amines is 1. The van der Waals surface area contributed by atoms with Crippen molar-refractivity contribution < 1.29 is 21.6 Å². The lowest BCUT2D eigenvalue weighted by atomic mass is 9.99. The topological polar surface area (TPSA) is 66.1 Å². The van der Waals surface area contributed by atoms with E-state index < -0.39 is 28.7 Å². The first-order valence-electron chi connectivity index (χ1n) is 6.34. The molecule has 5 nitrogen and oxygen atoms in total. The lowest BCUT2D eigenvalue weighted by molar-refractivity contribution is -0.182. The maximum atomic E-state index is 12.8. The van der Waals surface area contributed by atoms with Gasteiger partial charge in [-0.1, -0.05) is 0 Å². The smallest absolute Gasteiger partial charge is 0.281 e. The van der Waals surface area contributed by atoms with Crippen LogP contribution in [0.5, 0.6) is 0 Å². The first-order valence-corrected chi connectivity index (χ1v) is 8.32. The highest BCUT2D eigenvalue weighted by Crippen LogP contribution is 2.35. The fraction of sp³-hybridized carbons (Fsp3) is 0.727. The summed E-state index contributed by atoms with van der Waals surface area (Å²) in [5, 5.41) is 6.29. The Kier molecular flexibility index (Phi) is 4.55. The van der Waals surface area contributed by atoms with Gasteiger partial charge in [-0.05, 0) is 19.8 Å². The number of piperidine rings is 1. The maximum Gasteiger partial charge on any atom is 0.393 e. The molecule has 1 aliphatic heterocycles. The molecule has 1 aliphatic rings. The van der Waals surface area contributed by atoms with Gasteiger partial charge in [-0.3, -0.25) is 5.10 Å². The summed E-state index contributed by atoms with van der Waals surface area (Å²) in [5.74, 6) is -1.76. The molecule has 1 N–H and O–H groups in total. The summed E-state index contributed by atoms with van der Waals surface area (Å²) in [6.45, 7) is 1.01. The van der Waals surface area contributed by atoms with Gasteiger partial charge in [0.25, 0.3) is 0 Å². The highest BCUT2D eigenvalue weighted by atomic mass is 35.5. The fourth-order valence-electron chi connectivity index (χ4n) is 2.46. The molecule has 0 bridgehead atoms. The number of aromatic nitrogens is 2. The molecule has 0 radical (unpaired) electrons. The van der Waals surface area contributed by atoms with Crippen molar-refractivity contribution in [3.8, 4) is 0 Å². The van der Waals surface area contributed by atoms with E-state index in [1.807, 2.05) is 0 Å². The molecule has 1 aromatic heterocycles. The zero-order valence-corrected chi connectivity index (χ0v) is 12.8. The first-order chi connectivity index (χ1) is 9.67. The molecule has 120 valence electrons. The Morgan fingerprint density at radius 2 is 2.14 bits per heavy atom. The van der Waals surface area contributed by atoms with Crippen LogP contribution in [0, 0.1) is 12.8 Å². The van der Waals surface area contributed by atoms with E-state index in [2.05, 4.69) is 10.2 Å². The van der Waals surface area contributed by atoms with Crippen LogP contribution in [0.25, 0.3) is 0 Å². The molecule has 1 unspecified atom stereocenters. The van der Waals surface area contributed by atoms with E-state index in [1.54, 1.807) is 0 Å². The minimum atomic E-state index is -4.39. The van der Waals surface area contributed by atoms with Gasteiger partial charge in [-0.15, -0.1) is 11.6 Å². The van der Waals surface area contributed by atoms with Crippen molar-refractivity contribution in [2.24, 2.45) is 5.92 Å². The van der Waals surface area contributed by atoms with E-state index in [9.17, 15) is 21.6 Å². The second-order valence-electron chi connectivity index (χ2n) is 5.00. The zero-order valence-electron chi connectivity index (χ0n) is 11.2. The number of nitrogens with zero attached hydrogens (tertiary/aromatic N) is 2. The molecule has 1 saturated heterocycles.